The molecule has 5 heteroatoms. The topological polar surface area (TPSA) is 39.2 Å². The first-order chi connectivity index (χ1) is 13.1. The molecule has 27 heavy (non-hydrogen) atoms. The Labute approximate surface area is 164 Å². The van der Waals surface area contributed by atoms with Crippen molar-refractivity contribution in [1.82, 2.24) is 14.7 Å². The van der Waals surface area contributed by atoms with Gasteiger partial charge in [0.2, 0.25) is 0 Å². The molecule has 0 bridgehead atoms. The fourth-order valence-electron chi connectivity index (χ4n) is 4.73. The first kappa shape index (κ1) is 20.6. The summed E-state index contributed by atoms with van der Waals surface area (Å²) in [5.41, 5.74) is 1.30. The van der Waals surface area contributed by atoms with E-state index >= 15 is 0 Å². The van der Waals surface area contributed by atoms with Crippen molar-refractivity contribution in [3.8, 4) is 5.75 Å². The number of rotatable bonds is 7. The molecule has 0 unspecified atom stereocenters. The van der Waals surface area contributed by atoms with Gasteiger partial charge in [-0.15, -0.1) is 0 Å². The molecular formula is C22H37N3O2. The van der Waals surface area contributed by atoms with Gasteiger partial charge in [-0.25, -0.2) is 0 Å². The third kappa shape index (κ3) is 5.44. The normalized spacial score (nSPS) is 23.8. The molecule has 2 heterocycles. The molecule has 2 fully saturated rings. The summed E-state index contributed by atoms with van der Waals surface area (Å²) < 4.78 is 5.36. The lowest BCUT2D eigenvalue weighted by molar-refractivity contribution is -0.0000388. The minimum atomic E-state index is 0.277. The Morgan fingerprint density at radius 3 is 2.59 bits per heavy atom. The quantitative estimate of drug-likeness (QED) is 0.793. The Morgan fingerprint density at radius 1 is 1.15 bits per heavy atom. The lowest BCUT2D eigenvalue weighted by Gasteiger charge is -2.48. The zero-order valence-corrected chi connectivity index (χ0v) is 17.3. The van der Waals surface area contributed by atoms with Crippen molar-refractivity contribution in [3.05, 3.63) is 29.8 Å². The van der Waals surface area contributed by atoms with E-state index in [-0.39, 0.29) is 6.61 Å². The molecule has 1 N–H and O–H groups in total. The van der Waals surface area contributed by atoms with Gasteiger partial charge in [-0.1, -0.05) is 12.1 Å². The SMILES string of the molecule is COc1cccc(CN2CCN(C3CCN(C(C)C)CC3)[C@H](CCO)C2)c1. The summed E-state index contributed by atoms with van der Waals surface area (Å²) in [6.07, 6.45) is 3.39. The zero-order valence-electron chi connectivity index (χ0n) is 17.3. The van der Waals surface area contributed by atoms with E-state index in [1.165, 1.54) is 31.5 Å². The van der Waals surface area contributed by atoms with Gasteiger partial charge < -0.3 is 14.7 Å². The second-order valence-corrected chi connectivity index (χ2v) is 8.35. The molecule has 5 nitrogen and oxygen atoms in total. The molecule has 152 valence electrons. The fourth-order valence-corrected chi connectivity index (χ4v) is 4.73. The van der Waals surface area contributed by atoms with Gasteiger partial charge in [-0.3, -0.25) is 9.80 Å². The molecule has 2 aliphatic rings. The Hall–Kier alpha value is -1.14. The predicted octanol–water partition coefficient (Wildman–Crippen LogP) is 2.44. The molecule has 0 saturated carbocycles. The van der Waals surface area contributed by atoms with Gasteiger partial charge in [0.25, 0.3) is 0 Å². The van der Waals surface area contributed by atoms with E-state index in [1.807, 2.05) is 6.07 Å². The van der Waals surface area contributed by atoms with E-state index in [9.17, 15) is 5.11 Å². The van der Waals surface area contributed by atoms with Gasteiger partial charge in [0.1, 0.15) is 5.75 Å². The third-order valence-electron chi connectivity index (χ3n) is 6.31. The van der Waals surface area contributed by atoms with Crippen LogP contribution in [-0.4, -0.2) is 84.4 Å². The Balaban J connectivity index is 1.58. The first-order valence-corrected chi connectivity index (χ1v) is 10.6. The number of hydrogen-bond acceptors (Lipinski definition) is 5. The number of hydrogen-bond donors (Lipinski definition) is 1. The summed E-state index contributed by atoms with van der Waals surface area (Å²) in [5, 5.41) is 9.62. The van der Waals surface area contributed by atoms with Crippen molar-refractivity contribution >= 4 is 0 Å². The van der Waals surface area contributed by atoms with Crippen molar-refractivity contribution < 1.29 is 9.84 Å². The molecule has 1 aromatic rings. The van der Waals surface area contributed by atoms with E-state index in [1.54, 1.807) is 7.11 Å². The van der Waals surface area contributed by atoms with E-state index in [0.717, 1.165) is 38.3 Å². The van der Waals surface area contributed by atoms with E-state index in [2.05, 4.69) is 46.7 Å². The number of ether oxygens (including phenoxy) is 1. The van der Waals surface area contributed by atoms with Gasteiger partial charge in [-0.05, 0) is 63.9 Å². The molecule has 0 spiro atoms. The molecular weight excluding hydrogens is 338 g/mol. The molecule has 1 atom stereocenters. The van der Waals surface area contributed by atoms with Crippen molar-refractivity contribution in [2.45, 2.75) is 57.8 Å². The van der Waals surface area contributed by atoms with Crippen LogP contribution in [0.5, 0.6) is 5.75 Å². The molecule has 3 rings (SSSR count). The van der Waals surface area contributed by atoms with Crippen molar-refractivity contribution in [1.29, 1.82) is 0 Å². The molecule has 1 aromatic carbocycles. The highest BCUT2D eigenvalue weighted by molar-refractivity contribution is 5.28. The number of aliphatic hydroxyl groups is 1. The summed E-state index contributed by atoms with van der Waals surface area (Å²) in [5.74, 6) is 0.926. The minimum Gasteiger partial charge on any atom is -0.497 e. The Kier molecular flexibility index (Phi) is 7.53. The van der Waals surface area contributed by atoms with Gasteiger partial charge in [-0.2, -0.15) is 0 Å². The van der Waals surface area contributed by atoms with Crippen LogP contribution in [0.1, 0.15) is 38.7 Å². The molecule has 0 radical (unpaired) electrons. The average molecular weight is 376 g/mol. The second kappa shape index (κ2) is 9.87. The van der Waals surface area contributed by atoms with Crippen LogP contribution < -0.4 is 4.74 Å². The first-order valence-electron chi connectivity index (χ1n) is 10.6. The standard InChI is InChI=1S/C22H37N3O2/c1-18(2)24-10-7-20(8-11-24)25-13-12-23(17-21(25)9-14-26)16-19-5-4-6-22(15-19)27-3/h4-6,15,18,20-21,26H,7-14,16-17H2,1-3H3/t21-/m1/s1. The summed E-state index contributed by atoms with van der Waals surface area (Å²) in [6.45, 7) is 11.5. The molecule has 0 amide bonds. The second-order valence-electron chi connectivity index (χ2n) is 8.35. The number of benzene rings is 1. The summed E-state index contributed by atoms with van der Waals surface area (Å²) in [4.78, 5) is 7.83. The number of piperazine rings is 1. The van der Waals surface area contributed by atoms with Crippen LogP contribution in [0.25, 0.3) is 0 Å². The Morgan fingerprint density at radius 2 is 1.93 bits per heavy atom. The van der Waals surface area contributed by atoms with Crippen LogP contribution in [0.2, 0.25) is 0 Å². The highest BCUT2D eigenvalue weighted by Crippen LogP contribution is 2.25. The monoisotopic (exact) mass is 375 g/mol. The average Bonchev–Trinajstić information content (AvgIpc) is 2.69. The number of methoxy groups -OCH3 is 1. The lowest BCUT2D eigenvalue weighted by atomic mass is 9.97. The van der Waals surface area contributed by atoms with Crippen LogP contribution in [0.3, 0.4) is 0 Å². The zero-order chi connectivity index (χ0) is 19.2. The van der Waals surface area contributed by atoms with E-state index in [4.69, 9.17) is 4.74 Å². The number of nitrogens with zero attached hydrogens (tertiary/aromatic N) is 3. The molecule has 2 aliphatic heterocycles. The summed E-state index contributed by atoms with van der Waals surface area (Å²) in [7, 11) is 1.72. The Bertz CT molecular complexity index is 572. The van der Waals surface area contributed by atoms with Gasteiger partial charge in [0.15, 0.2) is 0 Å². The van der Waals surface area contributed by atoms with Gasteiger partial charge >= 0.3 is 0 Å². The van der Waals surface area contributed by atoms with Crippen molar-refractivity contribution in [2.75, 3.05) is 46.4 Å². The van der Waals surface area contributed by atoms with Crippen LogP contribution >= 0.6 is 0 Å². The largest absolute Gasteiger partial charge is 0.497 e. The van der Waals surface area contributed by atoms with Gasteiger partial charge in [0.05, 0.1) is 7.11 Å². The highest BCUT2D eigenvalue weighted by atomic mass is 16.5. The van der Waals surface area contributed by atoms with Crippen molar-refractivity contribution in [3.63, 3.8) is 0 Å². The lowest BCUT2D eigenvalue weighted by Crippen LogP contribution is -2.58. The number of aliphatic hydroxyl groups excluding tert-OH is 1. The molecule has 0 aromatic heterocycles. The van der Waals surface area contributed by atoms with Crippen LogP contribution in [0.4, 0.5) is 0 Å². The van der Waals surface area contributed by atoms with E-state index in [0.29, 0.717) is 18.1 Å². The van der Waals surface area contributed by atoms with Crippen LogP contribution in [0, 0.1) is 0 Å². The summed E-state index contributed by atoms with van der Waals surface area (Å²) in [6, 6.07) is 10.2. The number of piperidine rings is 1. The maximum Gasteiger partial charge on any atom is 0.119 e. The maximum atomic E-state index is 9.62. The predicted molar refractivity (Wildman–Crippen MR) is 110 cm³/mol. The smallest absolute Gasteiger partial charge is 0.119 e. The fraction of sp³-hybridized carbons (Fsp3) is 0.727. The highest BCUT2D eigenvalue weighted by Gasteiger charge is 2.33. The summed E-state index contributed by atoms with van der Waals surface area (Å²) >= 11 is 0. The van der Waals surface area contributed by atoms with E-state index < -0.39 is 0 Å². The van der Waals surface area contributed by atoms with Crippen LogP contribution in [-0.2, 0) is 6.54 Å². The number of likely N-dealkylation sites (tertiary alicyclic amines) is 1. The minimum absolute atomic E-state index is 0.277. The van der Waals surface area contributed by atoms with Crippen LogP contribution in [0.15, 0.2) is 24.3 Å². The molecule has 2 saturated heterocycles. The molecule has 0 aliphatic carbocycles. The maximum absolute atomic E-state index is 9.62. The van der Waals surface area contributed by atoms with Gasteiger partial charge in [0, 0.05) is 50.9 Å². The third-order valence-corrected chi connectivity index (χ3v) is 6.31. The van der Waals surface area contributed by atoms with Crippen molar-refractivity contribution in [2.24, 2.45) is 0 Å².